The molecule has 7 nitrogen and oxygen atoms in total. The SMILES string of the molecule is Cc1oc(-c2ccccc2)nc1COc1ccc(Cn2cc(CO)c(-c3ccccc3)n2)cn1. The molecule has 2 aromatic carbocycles. The molecule has 3 heterocycles. The highest BCUT2D eigenvalue weighted by molar-refractivity contribution is 5.62. The molecule has 0 aliphatic rings. The number of hydrogen-bond donors (Lipinski definition) is 1. The number of hydrogen-bond acceptors (Lipinski definition) is 6. The van der Waals surface area contributed by atoms with Crippen molar-refractivity contribution in [3.63, 3.8) is 0 Å². The van der Waals surface area contributed by atoms with E-state index in [0.29, 0.717) is 18.3 Å². The Kier molecular flexibility index (Phi) is 6.18. The molecule has 3 aromatic heterocycles. The third kappa shape index (κ3) is 4.74. The Morgan fingerprint density at radius 3 is 2.35 bits per heavy atom. The van der Waals surface area contributed by atoms with E-state index in [2.05, 4.69) is 15.1 Å². The molecule has 0 aliphatic carbocycles. The van der Waals surface area contributed by atoms with Crippen molar-refractivity contribution in [2.45, 2.75) is 26.7 Å². The zero-order valence-corrected chi connectivity index (χ0v) is 18.8. The fourth-order valence-electron chi connectivity index (χ4n) is 3.68. The second-order valence-corrected chi connectivity index (χ2v) is 7.91. The summed E-state index contributed by atoms with van der Waals surface area (Å²) < 4.78 is 13.4. The molecule has 0 atom stereocenters. The first-order valence-electron chi connectivity index (χ1n) is 11.0. The molecule has 0 saturated heterocycles. The molecule has 1 N–H and O–H groups in total. The molecule has 34 heavy (non-hydrogen) atoms. The number of rotatable bonds is 8. The van der Waals surface area contributed by atoms with Gasteiger partial charge in [-0.05, 0) is 24.6 Å². The van der Waals surface area contributed by atoms with Gasteiger partial charge in [-0.2, -0.15) is 5.10 Å². The Balaban J connectivity index is 1.24. The van der Waals surface area contributed by atoms with Gasteiger partial charge in [-0.3, -0.25) is 4.68 Å². The number of aliphatic hydroxyl groups is 1. The van der Waals surface area contributed by atoms with Crippen LogP contribution in [-0.2, 0) is 19.8 Å². The fraction of sp³-hybridized carbons (Fsp3) is 0.148. The van der Waals surface area contributed by atoms with E-state index in [1.807, 2.05) is 90.6 Å². The van der Waals surface area contributed by atoms with Gasteiger partial charge in [-0.25, -0.2) is 9.97 Å². The molecule has 0 unspecified atom stereocenters. The van der Waals surface area contributed by atoms with E-state index >= 15 is 0 Å². The summed E-state index contributed by atoms with van der Waals surface area (Å²) in [7, 11) is 0. The van der Waals surface area contributed by atoms with E-state index in [-0.39, 0.29) is 13.2 Å². The van der Waals surface area contributed by atoms with E-state index in [0.717, 1.165) is 39.4 Å². The van der Waals surface area contributed by atoms with Crippen molar-refractivity contribution in [3.8, 4) is 28.6 Å². The van der Waals surface area contributed by atoms with Crippen molar-refractivity contribution in [2.75, 3.05) is 0 Å². The minimum Gasteiger partial charge on any atom is -0.471 e. The van der Waals surface area contributed by atoms with Gasteiger partial charge in [-0.1, -0.05) is 54.6 Å². The second-order valence-electron chi connectivity index (χ2n) is 7.91. The van der Waals surface area contributed by atoms with Gasteiger partial charge in [0.25, 0.3) is 0 Å². The quantitative estimate of drug-likeness (QED) is 0.355. The molecule has 0 amide bonds. The predicted octanol–water partition coefficient (Wildman–Crippen LogP) is 5.03. The predicted molar refractivity (Wildman–Crippen MR) is 128 cm³/mol. The molecule has 7 heteroatoms. The first kappa shape index (κ1) is 21.6. The van der Waals surface area contributed by atoms with Crippen LogP contribution in [0.3, 0.4) is 0 Å². The number of aryl methyl sites for hydroxylation is 1. The standard InChI is InChI=1S/C27H24N4O3/c1-19-24(29-27(34-19)22-10-6-3-7-11-22)18-33-25-13-12-20(14-28-25)15-31-16-23(17-32)26(30-31)21-8-4-2-5-9-21/h2-14,16,32H,15,17-18H2,1H3. The highest BCUT2D eigenvalue weighted by Gasteiger charge is 2.13. The third-order valence-corrected chi connectivity index (χ3v) is 5.47. The van der Waals surface area contributed by atoms with Gasteiger partial charge in [0.2, 0.25) is 11.8 Å². The number of oxazole rings is 1. The van der Waals surface area contributed by atoms with Crippen LogP contribution in [0.15, 0.2) is 89.6 Å². The van der Waals surface area contributed by atoms with Crippen LogP contribution in [-0.4, -0.2) is 24.9 Å². The number of aromatic nitrogens is 4. The van der Waals surface area contributed by atoms with E-state index in [4.69, 9.17) is 9.15 Å². The smallest absolute Gasteiger partial charge is 0.226 e. The van der Waals surface area contributed by atoms with Crippen LogP contribution >= 0.6 is 0 Å². The summed E-state index contributed by atoms with van der Waals surface area (Å²) in [6.07, 6.45) is 3.63. The van der Waals surface area contributed by atoms with Crippen molar-refractivity contribution in [2.24, 2.45) is 0 Å². The molecule has 0 aliphatic heterocycles. The number of ether oxygens (including phenoxy) is 1. The first-order valence-corrected chi connectivity index (χ1v) is 11.0. The summed E-state index contributed by atoms with van der Waals surface area (Å²) >= 11 is 0. The highest BCUT2D eigenvalue weighted by atomic mass is 16.5. The summed E-state index contributed by atoms with van der Waals surface area (Å²) in [6.45, 7) is 2.62. The Bertz CT molecular complexity index is 1360. The Labute approximate surface area is 197 Å². The first-order chi connectivity index (χ1) is 16.7. The minimum absolute atomic E-state index is 0.0668. The van der Waals surface area contributed by atoms with Gasteiger partial charge in [0.15, 0.2) is 0 Å². The fourth-order valence-corrected chi connectivity index (χ4v) is 3.68. The summed E-state index contributed by atoms with van der Waals surface area (Å²) in [4.78, 5) is 8.98. The highest BCUT2D eigenvalue weighted by Crippen LogP contribution is 2.24. The van der Waals surface area contributed by atoms with Crippen molar-refractivity contribution in [1.29, 1.82) is 0 Å². The van der Waals surface area contributed by atoms with Gasteiger partial charge in [0.1, 0.15) is 18.1 Å². The van der Waals surface area contributed by atoms with Gasteiger partial charge in [0.05, 0.1) is 18.8 Å². The van der Waals surface area contributed by atoms with Crippen LogP contribution in [0.1, 0.15) is 22.6 Å². The van der Waals surface area contributed by atoms with Gasteiger partial charge in [-0.15, -0.1) is 0 Å². The lowest BCUT2D eigenvalue weighted by atomic mass is 10.1. The average molecular weight is 453 g/mol. The lowest BCUT2D eigenvalue weighted by Crippen LogP contribution is -2.02. The van der Waals surface area contributed by atoms with Gasteiger partial charge < -0.3 is 14.3 Å². The van der Waals surface area contributed by atoms with Crippen LogP contribution < -0.4 is 4.74 Å². The Morgan fingerprint density at radius 2 is 1.68 bits per heavy atom. The number of benzene rings is 2. The lowest BCUT2D eigenvalue weighted by Gasteiger charge is -2.05. The summed E-state index contributed by atoms with van der Waals surface area (Å²) in [5, 5.41) is 14.4. The monoisotopic (exact) mass is 452 g/mol. The summed E-state index contributed by atoms with van der Waals surface area (Å²) in [5.41, 5.74) is 5.20. The number of pyridine rings is 1. The van der Waals surface area contributed by atoms with Gasteiger partial charge in [0, 0.05) is 35.2 Å². The van der Waals surface area contributed by atoms with E-state index < -0.39 is 0 Å². The topological polar surface area (TPSA) is 86.2 Å². The largest absolute Gasteiger partial charge is 0.471 e. The maximum absolute atomic E-state index is 9.74. The Hall–Kier alpha value is -4.23. The lowest BCUT2D eigenvalue weighted by molar-refractivity contribution is 0.282. The van der Waals surface area contributed by atoms with Crippen molar-refractivity contribution < 1.29 is 14.3 Å². The van der Waals surface area contributed by atoms with E-state index in [9.17, 15) is 5.11 Å². The zero-order valence-electron chi connectivity index (χ0n) is 18.8. The van der Waals surface area contributed by atoms with Crippen LogP contribution in [0.4, 0.5) is 0 Å². The van der Waals surface area contributed by atoms with Crippen LogP contribution in [0.2, 0.25) is 0 Å². The van der Waals surface area contributed by atoms with E-state index in [1.165, 1.54) is 0 Å². The third-order valence-electron chi connectivity index (χ3n) is 5.47. The molecule has 5 rings (SSSR count). The van der Waals surface area contributed by atoms with Crippen LogP contribution in [0.25, 0.3) is 22.7 Å². The maximum Gasteiger partial charge on any atom is 0.226 e. The molecular weight excluding hydrogens is 428 g/mol. The Morgan fingerprint density at radius 1 is 0.941 bits per heavy atom. The normalized spacial score (nSPS) is 11.0. The molecule has 0 saturated carbocycles. The van der Waals surface area contributed by atoms with Gasteiger partial charge >= 0.3 is 0 Å². The summed E-state index contributed by atoms with van der Waals surface area (Å²) in [5.74, 6) is 1.81. The van der Waals surface area contributed by atoms with E-state index in [1.54, 1.807) is 6.20 Å². The number of aliphatic hydroxyl groups excluding tert-OH is 1. The van der Waals surface area contributed by atoms with Crippen molar-refractivity contribution in [1.82, 2.24) is 19.7 Å². The van der Waals surface area contributed by atoms with Crippen LogP contribution in [0, 0.1) is 6.92 Å². The maximum atomic E-state index is 9.74. The molecule has 0 fully saturated rings. The average Bonchev–Trinajstić information content (AvgIpc) is 3.47. The second kappa shape index (κ2) is 9.72. The molecule has 0 bridgehead atoms. The molecular formula is C27H24N4O3. The molecule has 0 radical (unpaired) electrons. The molecule has 5 aromatic rings. The zero-order chi connectivity index (χ0) is 23.3. The number of nitrogens with zero attached hydrogens (tertiary/aromatic N) is 4. The van der Waals surface area contributed by atoms with Crippen molar-refractivity contribution in [3.05, 3.63) is 108 Å². The van der Waals surface area contributed by atoms with Crippen LogP contribution in [0.5, 0.6) is 5.88 Å². The molecule has 0 spiro atoms. The minimum atomic E-state index is -0.0668. The molecule has 170 valence electrons. The van der Waals surface area contributed by atoms with Crippen molar-refractivity contribution >= 4 is 0 Å². The summed E-state index contributed by atoms with van der Waals surface area (Å²) in [6, 6.07) is 23.4.